The van der Waals surface area contributed by atoms with Crippen molar-refractivity contribution in [1.82, 2.24) is 5.32 Å². The lowest BCUT2D eigenvalue weighted by atomic mass is 10.0. The van der Waals surface area contributed by atoms with Gasteiger partial charge in [-0.2, -0.15) is 5.26 Å². The van der Waals surface area contributed by atoms with Crippen LogP contribution in [-0.4, -0.2) is 32.2 Å². The van der Waals surface area contributed by atoms with Crippen molar-refractivity contribution in [2.24, 2.45) is 5.92 Å². The highest BCUT2D eigenvalue weighted by Crippen LogP contribution is 2.35. The number of thiophene rings is 1. The second kappa shape index (κ2) is 6.11. The number of nitriles is 1. The third-order valence-corrected chi connectivity index (χ3v) is 4.63. The van der Waals surface area contributed by atoms with E-state index in [1.54, 1.807) is 7.05 Å². The van der Waals surface area contributed by atoms with E-state index in [1.807, 2.05) is 13.0 Å². The summed E-state index contributed by atoms with van der Waals surface area (Å²) in [7, 11) is 1.54. The Morgan fingerprint density at radius 3 is 2.95 bits per heavy atom. The molecule has 0 saturated carbocycles. The summed E-state index contributed by atoms with van der Waals surface area (Å²) < 4.78 is 5.51. The summed E-state index contributed by atoms with van der Waals surface area (Å²) in [5.74, 6) is 0.125. The molecule has 1 aliphatic rings. The van der Waals surface area contributed by atoms with Gasteiger partial charge in [-0.05, 0) is 13.3 Å². The number of anilines is 2. The summed E-state index contributed by atoms with van der Waals surface area (Å²) in [4.78, 5) is 12.2. The van der Waals surface area contributed by atoms with Gasteiger partial charge in [-0.1, -0.05) is 0 Å². The van der Waals surface area contributed by atoms with Crippen LogP contribution in [0.2, 0.25) is 0 Å². The highest BCUT2D eigenvalue weighted by Gasteiger charge is 2.26. The van der Waals surface area contributed by atoms with Crippen LogP contribution in [0.5, 0.6) is 0 Å². The highest BCUT2D eigenvalue weighted by atomic mass is 32.1. The number of ether oxygens (including phenoxy) is 1. The van der Waals surface area contributed by atoms with Crippen LogP contribution in [0.25, 0.3) is 0 Å². The van der Waals surface area contributed by atoms with Crippen molar-refractivity contribution in [3.8, 4) is 6.07 Å². The summed E-state index contributed by atoms with van der Waals surface area (Å²) in [6.45, 7) is 3.52. The van der Waals surface area contributed by atoms with Gasteiger partial charge in [-0.25, -0.2) is 0 Å². The van der Waals surface area contributed by atoms with Crippen LogP contribution in [0.15, 0.2) is 0 Å². The molecule has 2 heterocycles. The predicted octanol–water partition coefficient (Wildman–Crippen LogP) is 1.40. The summed E-state index contributed by atoms with van der Waals surface area (Å²) >= 11 is 1.22. The van der Waals surface area contributed by atoms with E-state index in [2.05, 4.69) is 10.6 Å². The SMILES string of the molecule is CNC(=O)c1c(NCC2CCOC2C)sc(C#N)c1N. The number of hydrogen-bond acceptors (Lipinski definition) is 6. The van der Waals surface area contributed by atoms with E-state index < -0.39 is 0 Å². The minimum absolute atomic E-state index is 0.207. The van der Waals surface area contributed by atoms with E-state index in [0.717, 1.165) is 13.0 Å². The standard InChI is InChI=1S/C13H18N4O2S/c1-7-8(3-4-19-7)6-17-13-10(12(18)16-2)11(15)9(5-14)20-13/h7-8,17H,3-4,6,15H2,1-2H3,(H,16,18). The van der Waals surface area contributed by atoms with Crippen LogP contribution >= 0.6 is 11.3 Å². The van der Waals surface area contributed by atoms with Gasteiger partial charge in [0, 0.05) is 26.1 Å². The zero-order valence-corrected chi connectivity index (χ0v) is 12.3. The van der Waals surface area contributed by atoms with Crippen molar-refractivity contribution < 1.29 is 9.53 Å². The number of carbonyl (C=O) groups excluding carboxylic acids is 1. The zero-order valence-electron chi connectivity index (χ0n) is 11.5. The minimum Gasteiger partial charge on any atom is -0.396 e. The third-order valence-electron chi connectivity index (χ3n) is 3.56. The number of rotatable bonds is 4. The second-order valence-electron chi connectivity index (χ2n) is 4.75. The van der Waals surface area contributed by atoms with Crippen LogP contribution in [0.1, 0.15) is 28.6 Å². The van der Waals surface area contributed by atoms with E-state index >= 15 is 0 Å². The smallest absolute Gasteiger partial charge is 0.256 e. The maximum atomic E-state index is 11.9. The molecule has 1 aliphatic heterocycles. The number of nitrogens with one attached hydrogen (secondary N) is 2. The average molecular weight is 294 g/mol. The zero-order chi connectivity index (χ0) is 14.7. The molecule has 7 heteroatoms. The number of nitrogens with zero attached hydrogens (tertiary/aromatic N) is 1. The molecular formula is C13H18N4O2S. The van der Waals surface area contributed by atoms with E-state index in [4.69, 9.17) is 15.7 Å². The Morgan fingerprint density at radius 1 is 1.65 bits per heavy atom. The monoisotopic (exact) mass is 294 g/mol. The Labute approximate surface area is 121 Å². The van der Waals surface area contributed by atoms with Gasteiger partial charge in [0.2, 0.25) is 0 Å². The molecule has 0 radical (unpaired) electrons. The molecule has 1 aromatic rings. The lowest BCUT2D eigenvalue weighted by Gasteiger charge is -2.15. The van der Waals surface area contributed by atoms with Crippen molar-refractivity contribution in [3.63, 3.8) is 0 Å². The molecule has 2 atom stereocenters. The number of amides is 1. The Balaban J connectivity index is 2.18. The van der Waals surface area contributed by atoms with Crippen LogP contribution in [0.4, 0.5) is 10.7 Å². The summed E-state index contributed by atoms with van der Waals surface area (Å²) in [6.07, 6.45) is 1.20. The normalized spacial score (nSPS) is 21.4. The molecule has 6 nitrogen and oxygen atoms in total. The lowest BCUT2D eigenvalue weighted by molar-refractivity contribution is 0.0965. The van der Waals surface area contributed by atoms with Crippen molar-refractivity contribution in [3.05, 3.63) is 10.4 Å². The molecule has 1 saturated heterocycles. The van der Waals surface area contributed by atoms with Crippen LogP contribution in [0.3, 0.4) is 0 Å². The van der Waals surface area contributed by atoms with Crippen molar-refractivity contribution >= 4 is 27.9 Å². The number of carbonyl (C=O) groups is 1. The van der Waals surface area contributed by atoms with E-state index in [0.29, 0.717) is 27.9 Å². The molecule has 20 heavy (non-hydrogen) atoms. The van der Waals surface area contributed by atoms with E-state index in [-0.39, 0.29) is 17.7 Å². The maximum absolute atomic E-state index is 11.9. The number of hydrogen-bond donors (Lipinski definition) is 3. The van der Waals surface area contributed by atoms with Crippen LogP contribution < -0.4 is 16.4 Å². The minimum atomic E-state index is -0.279. The predicted molar refractivity (Wildman–Crippen MR) is 78.8 cm³/mol. The fourth-order valence-corrected chi connectivity index (χ4v) is 3.19. The summed E-state index contributed by atoms with van der Waals surface area (Å²) in [5, 5.41) is 15.5. The van der Waals surface area contributed by atoms with E-state index in [9.17, 15) is 4.79 Å². The summed E-state index contributed by atoms with van der Waals surface area (Å²) in [6, 6.07) is 2.02. The Hall–Kier alpha value is -1.78. The molecule has 0 aromatic carbocycles. The molecule has 1 amide bonds. The maximum Gasteiger partial charge on any atom is 0.256 e. The second-order valence-corrected chi connectivity index (χ2v) is 5.77. The first-order valence-electron chi connectivity index (χ1n) is 6.48. The van der Waals surface area contributed by atoms with Gasteiger partial charge in [-0.15, -0.1) is 11.3 Å². The van der Waals surface area contributed by atoms with Crippen molar-refractivity contribution in [2.75, 3.05) is 31.2 Å². The summed E-state index contributed by atoms with van der Waals surface area (Å²) in [5.41, 5.74) is 6.47. The first-order chi connectivity index (χ1) is 9.58. The Bertz CT molecular complexity index is 549. The van der Waals surface area contributed by atoms with Gasteiger partial charge in [-0.3, -0.25) is 4.79 Å². The highest BCUT2D eigenvalue weighted by molar-refractivity contribution is 7.17. The average Bonchev–Trinajstić information content (AvgIpc) is 2.99. The quantitative estimate of drug-likeness (QED) is 0.779. The molecule has 0 bridgehead atoms. The van der Waals surface area contributed by atoms with Gasteiger partial charge in [0.1, 0.15) is 15.9 Å². The molecule has 4 N–H and O–H groups in total. The van der Waals surface area contributed by atoms with Crippen molar-refractivity contribution in [2.45, 2.75) is 19.4 Å². The largest absolute Gasteiger partial charge is 0.396 e. The Kier molecular flexibility index (Phi) is 4.47. The molecule has 108 valence electrons. The van der Waals surface area contributed by atoms with Crippen LogP contribution in [0, 0.1) is 17.2 Å². The number of nitrogen functional groups attached to an aromatic ring is 1. The van der Waals surface area contributed by atoms with Gasteiger partial charge in [0.25, 0.3) is 5.91 Å². The molecule has 2 unspecified atom stereocenters. The fraction of sp³-hybridized carbons (Fsp3) is 0.538. The molecule has 0 spiro atoms. The van der Waals surface area contributed by atoms with Gasteiger partial charge in [0.15, 0.2) is 0 Å². The molecule has 0 aliphatic carbocycles. The van der Waals surface area contributed by atoms with E-state index in [1.165, 1.54) is 11.3 Å². The first-order valence-corrected chi connectivity index (χ1v) is 7.30. The first kappa shape index (κ1) is 14.6. The van der Waals surface area contributed by atoms with Crippen molar-refractivity contribution in [1.29, 1.82) is 5.26 Å². The fourth-order valence-electron chi connectivity index (χ4n) is 2.27. The Morgan fingerprint density at radius 2 is 2.40 bits per heavy atom. The van der Waals surface area contributed by atoms with Gasteiger partial charge in [0.05, 0.1) is 17.4 Å². The third kappa shape index (κ3) is 2.71. The van der Waals surface area contributed by atoms with Gasteiger partial charge >= 0.3 is 0 Å². The molecular weight excluding hydrogens is 276 g/mol. The van der Waals surface area contributed by atoms with Crippen LogP contribution in [-0.2, 0) is 4.74 Å². The molecule has 2 rings (SSSR count). The van der Waals surface area contributed by atoms with Gasteiger partial charge < -0.3 is 21.1 Å². The number of nitrogens with two attached hydrogens (primary N) is 1. The molecule has 1 fully saturated rings. The topological polar surface area (TPSA) is 100 Å². The lowest BCUT2D eigenvalue weighted by Crippen LogP contribution is -2.23. The molecule has 1 aromatic heterocycles.